The molecule has 0 atom stereocenters. The number of hydrogen-bond acceptors (Lipinski definition) is 3. The normalized spacial score (nSPS) is 11.3. The van der Waals surface area contributed by atoms with Crippen LogP contribution in [0.3, 0.4) is 0 Å². The standard InChI is InChI=1S/C11H14BrN3O2/c1-15(11(16)6-10(13)14-17)7-8-2-4-9(12)5-3-8/h2-5,17H,6-7H2,1H3,(H2,13,14). The Morgan fingerprint density at radius 3 is 2.59 bits per heavy atom. The minimum Gasteiger partial charge on any atom is -0.409 e. The zero-order chi connectivity index (χ0) is 12.8. The Hall–Kier alpha value is -1.56. The zero-order valence-electron chi connectivity index (χ0n) is 9.43. The third-order valence-electron chi connectivity index (χ3n) is 2.22. The average molecular weight is 300 g/mol. The molecule has 0 saturated heterocycles. The summed E-state index contributed by atoms with van der Waals surface area (Å²) in [5.41, 5.74) is 6.29. The van der Waals surface area contributed by atoms with Gasteiger partial charge in [-0.3, -0.25) is 4.79 Å². The molecular weight excluding hydrogens is 286 g/mol. The van der Waals surface area contributed by atoms with E-state index in [1.807, 2.05) is 24.3 Å². The van der Waals surface area contributed by atoms with Crippen LogP contribution in [0.5, 0.6) is 0 Å². The molecule has 1 rings (SSSR count). The van der Waals surface area contributed by atoms with Crippen molar-refractivity contribution in [1.29, 1.82) is 0 Å². The predicted molar refractivity (Wildman–Crippen MR) is 68.6 cm³/mol. The molecule has 0 bridgehead atoms. The molecule has 1 aromatic carbocycles. The van der Waals surface area contributed by atoms with Gasteiger partial charge in [-0.2, -0.15) is 0 Å². The van der Waals surface area contributed by atoms with E-state index < -0.39 is 0 Å². The van der Waals surface area contributed by atoms with Crippen LogP contribution in [0.15, 0.2) is 33.9 Å². The molecule has 0 aromatic heterocycles. The largest absolute Gasteiger partial charge is 0.409 e. The third kappa shape index (κ3) is 4.44. The van der Waals surface area contributed by atoms with Crippen LogP contribution in [0.4, 0.5) is 0 Å². The smallest absolute Gasteiger partial charge is 0.230 e. The lowest BCUT2D eigenvalue weighted by Crippen LogP contribution is -2.30. The highest BCUT2D eigenvalue weighted by molar-refractivity contribution is 9.10. The average Bonchev–Trinajstić information content (AvgIpc) is 2.31. The Bertz CT molecular complexity index is 417. The summed E-state index contributed by atoms with van der Waals surface area (Å²) in [5, 5.41) is 11.1. The number of hydrogen-bond donors (Lipinski definition) is 2. The molecule has 0 aliphatic carbocycles. The second-order valence-electron chi connectivity index (χ2n) is 3.64. The summed E-state index contributed by atoms with van der Waals surface area (Å²) in [6.07, 6.45) is -0.0798. The van der Waals surface area contributed by atoms with Crippen LogP contribution < -0.4 is 5.73 Å². The number of rotatable bonds is 4. The predicted octanol–water partition coefficient (Wildman–Crippen LogP) is 1.54. The number of benzene rings is 1. The highest BCUT2D eigenvalue weighted by Gasteiger charge is 2.11. The van der Waals surface area contributed by atoms with Crippen molar-refractivity contribution in [2.45, 2.75) is 13.0 Å². The van der Waals surface area contributed by atoms with Gasteiger partial charge in [0.15, 0.2) is 0 Å². The maximum atomic E-state index is 11.6. The molecule has 92 valence electrons. The lowest BCUT2D eigenvalue weighted by molar-refractivity contribution is -0.129. The molecule has 3 N–H and O–H groups in total. The molecule has 0 spiro atoms. The van der Waals surface area contributed by atoms with E-state index in [1.54, 1.807) is 7.05 Å². The minimum absolute atomic E-state index is 0.0798. The van der Waals surface area contributed by atoms with Crippen molar-refractivity contribution in [3.05, 3.63) is 34.3 Å². The van der Waals surface area contributed by atoms with Gasteiger partial charge >= 0.3 is 0 Å². The zero-order valence-corrected chi connectivity index (χ0v) is 11.0. The molecule has 0 fully saturated rings. The molecule has 0 saturated carbocycles. The van der Waals surface area contributed by atoms with E-state index in [1.165, 1.54) is 4.90 Å². The third-order valence-corrected chi connectivity index (χ3v) is 2.75. The second-order valence-corrected chi connectivity index (χ2v) is 4.56. The van der Waals surface area contributed by atoms with Gasteiger partial charge in [0.25, 0.3) is 0 Å². The van der Waals surface area contributed by atoms with Crippen molar-refractivity contribution >= 4 is 27.7 Å². The molecule has 0 radical (unpaired) electrons. The van der Waals surface area contributed by atoms with Crippen LogP contribution in [0, 0.1) is 0 Å². The summed E-state index contributed by atoms with van der Waals surface area (Å²) < 4.78 is 0.992. The number of carbonyl (C=O) groups excluding carboxylic acids is 1. The van der Waals surface area contributed by atoms with Gasteiger partial charge in [0.2, 0.25) is 5.91 Å². The van der Waals surface area contributed by atoms with Crippen molar-refractivity contribution in [2.75, 3.05) is 7.05 Å². The summed E-state index contributed by atoms with van der Waals surface area (Å²) in [7, 11) is 1.68. The molecule has 0 aliphatic rings. The lowest BCUT2D eigenvalue weighted by Gasteiger charge is -2.16. The lowest BCUT2D eigenvalue weighted by atomic mass is 10.2. The number of carbonyl (C=O) groups is 1. The van der Waals surface area contributed by atoms with Crippen molar-refractivity contribution in [3.63, 3.8) is 0 Å². The first kappa shape index (κ1) is 13.5. The highest BCUT2D eigenvalue weighted by atomic mass is 79.9. The van der Waals surface area contributed by atoms with Crippen LogP contribution in [-0.2, 0) is 11.3 Å². The van der Waals surface area contributed by atoms with Gasteiger partial charge in [-0.1, -0.05) is 33.2 Å². The molecule has 0 unspecified atom stereocenters. The van der Waals surface area contributed by atoms with Gasteiger partial charge in [-0.25, -0.2) is 0 Å². The van der Waals surface area contributed by atoms with Crippen LogP contribution in [-0.4, -0.2) is 28.9 Å². The Morgan fingerprint density at radius 1 is 1.47 bits per heavy atom. The highest BCUT2D eigenvalue weighted by Crippen LogP contribution is 2.12. The van der Waals surface area contributed by atoms with E-state index in [-0.39, 0.29) is 18.2 Å². The summed E-state index contributed by atoms with van der Waals surface area (Å²) in [4.78, 5) is 13.2. The fourth-order valence-corrected chi connectivity index (χ4v) is 1.54. The molecule has 6 heteroatoms. The second kappa shape index (κ2) is 6.24. The number of oxime groups is 1. The Kier molecular flexibility index (Phi) is 4.96. The molecular formula is C11H14BrN3O2. The Balaban J connectivity index is 2.57. The first-order valence-corrected chi connectivity index (χ1v) is 5.77. The first-order chi connectivity index (χ1) is 8.02. The Morgan fingerprint density at radius 2 is 2.06 bits per heavy atom. The van der Waals surface area contributed by atoms with Crippen molar-refractivity contribution in [3.8, 4) is 0 Å². The van der Waals surface area contributed by atoms with Gasteiger partial charge in [0, 0.05) is 18.1 Å². The monoisotopic (exact) mass is 299 g/mol. The molecule has 0 aliphatic heterocycles. The fourth-order valence-electron chi connectivity index (χ4n) is 1.28. The van der Waals surface area contributed by atoms with Crippen molar-refractivity contribution in [2.24, 2.45) is 10.9 Å². The molecule has 1 amide bonds. The van der Waals surface area contributed by atoms with Crippen molar-refractivity contribution < 1.29 is 10.0 Å². The molecule has 17 heavy (non-hydrogen) atoms. The fraction of sp³-hybridized carbons (Fsp3) is 0.273. The summed E-state index contributed by atoms with van der Waals surface area (Å²) in [6.45, 7) is 0.491. The van der Waals surface area contributed by atoms with Crippen LogP contribution >= 0.6 is 15.9 Å². The van der Waals surface area contributed by atoms with Crippen LogP contribution in [0.2, 0.25) is 0 Å². The minimum atomic E-state index is -0.191. The number of halogens is 1. The van der Waals surface area contributed by atoms with E-state index in [0.717, 1.165) is 10.0 Å². The van der Waals surface area contributed by atoms with Crippen LogP contribution in [0.1, 0.15) is 12.0 Å². The number of nitrogens with zero attached hydrogens (tertiary/aromatic N) is 2. The maximum Gasteiger partial charge on any atom is 0.230 e. The Labute approximate surface area is 108 Å². The number of amides is 1. The van der Waals surface area contributed by atoms with Gasteiger partial charge in [-0.05, 0) is 17.7 Å². The molecule has 1 aromatic rings. The van der Waals surface area contributed by atoms with Gasteiger partial charge in [-0.15, -0.1) is 0 Å². The van der Waals surface area contributed by atoms with E-state index >= 15 is 0 Å². The van der Waals surface area contributed by atoms with Gasteiger partial charge in [0.05, 0.1) is 6.42 Å². The van der Waals surface area contributed by atoms with Gasteiger partial charge < -0.3 is 15.8 Å². The maximum absolute atomic E-state index is 11.6. The SMILES string of the molecule is CN(Cc1ccc(Br)cc1)C(=O)C/C(N)=N/O. The van der Waals surface area contributed by atoms with E-state index in [0.29, 0.717) is 6.54 Å². The number of nitrogens with two attached hydrogens (primary N) is 1. The van der Waals surface area contributed by atoms with Crippen molar-refractivity contribution in [1.82, 2.24) is 4.90 Å². The molecule has 5 nitrogen and oxygen atoms in total. The summed E-state index contributed by atoms with van der Waals surface area (Å²) in [5.74, 6) is -0.277. The first-order valence-electron chi connectivity index (χ1n) is 4.97. The summed E-state index contributed by atoms with van der Waals surface area (Å²) >= 11 is 3.34. The quantitative estimate of drug-likeness (QED) is 0.383. The summed E-state index contributed by atoms with van der Waals surface area (Å²) in [6, 6.07) is 7.68. The number of amidine groups is 1. The van der Waals surface area contributed by atoms with E-state index in [9.17, 15) is 4.79 Å². The van der Waals surface area contributed by atoms with Gasteiger partial charge in [0.1, 0.15) is 5.84 Å². The molecule has 0 heterocycles. The van der Waals surface area contributed by atoms with Crippen LogP contribution in [0.25, 0.3) is 0 Å². The van der Waals surface area contributed by atoms with E-state index in [2.05, 4.69) is 21.1 Å². The van der Waals surface area contributed by atoms with E-state index in [4.69, 9.17) is 10.9 Å². The topological polar surface area (TPSA) is 78.9 Å².